The lowest BCUT2D eigenvalue weighted by Crippen LogP contribution is -2.30. The van der Waals surface area contributed by atoms with Gasteiger partial charge in [0.1, 0.15) is 17.6 Å². The molecule has 1 aliphatic carbocycles. The zero-order valence-corrected chi connectivity index (χ0v) is 13.9. The standard InChI is InChI=1S/C19H25NO3/c1-3-22-17-10-15-9-13(2)23-18(15)11-16(17)12-20-19(21)14-7-5-4-6-8-14/h4-5,10-11,13-14H,3,6-9,12H2,1-2H3,(H,20,21)/t13-,14+/m1/s1. The Hall–Kier alpha value is -1.97. The highest BCUT2D eigenvalue weighted by Crippen LogP contribution is 2.35. The molecule has 1 N–H and O–H groups in total. The summed E-state index contributed by atoms with van der Waals surface area (Å²) < 4.78 is 11.6. The van der Waals surface area contributed by atoms with E-state index in [0.29, 0.717) is 13.2 Å². The zero-order chi connectivity index (χ0) is 16.2. The maximum Gasteiger partial charge on any atom is 0.223 e. The smallest absolute Gasteiger partial charge is 0.223 e. The van der Waals surface area contributed by atoms with E-state index in [0.717, 1.165) is 42.7 Å². The SMILES string of the molecule is CCOc1cc2c(cc1CNC(=O)[C@H]1CC=CCC1)O[C@H](C)C2. The molecule has 23 heavy (non-hydrogen) atoms. The first-order chi connectivity index (χ1) is 11.2. The molecule has 124 valence electrons. The topological polar surface area (TPSA) is 47.6 Å². The molecule has 1 heterocycles. The summed E-state index contributed by atoms with van der Waals surface area (Å²) in [5, 5.41) is 3.06. The van der Waals surface area contributed by atoms with Gasteiger partial charge in [0.25, 0.3) is 0 Å². The number of carbonyl (C=O) groups excluding carboxylic acids is 1. The first kappa shape index (κ1) is 15.9. The lowest BCUT2D eigenvalue weighted by Gasteiger charge is -2.18. The number of hydrogen-bond acceptors (Lipinski definition) is 3. The molecule has 0 bridgehead atoms. The molecule has 0 spiro atoms. The van der Waals surface area contributed by atoms with Gasteiger partial charge in [-0.05, 0) is 45.2 Å². The summed E-state index contributed by atoms with van der Waals surface area (Å²) >= 11 is 0. The first-order valence-electron chi connectivity index (χ1n) is 8.55. The van der Waals surface area contributed by atoms with Gasteiger partial charge in [-0.2, -0.15) is 0 Å². The Balaban J connectivity index is 1.70. The fourth-order valence-corrected chi connectivity index (χ4v) is 3.27. The molecule has 1 amide bonds. The van der Waals surface area contributed by atoms with Crippen LogP contribution in [0.15, 0.2) is 24.3 Å². The van der Waals surface area contributed by atoms with Crippen molar-refractivity contribution in [3.63, 3.8) is 0 Å². The number of nitrogens with one attached hydrogen (secondary N) is 1. The maximum atomic E-state index is 12.3. The normalized spacial score (nSPS) is 22.3. The number of rotatable bonds is 5. The average molecular weight is 315 g/mol. The molecule has 0 unspecified atom stereocenters. The Morgan fingerprint density at radius 2 is 2.26 bits per heavy atom. The molecule has 0 aromatic heterocycles. The van der Waals surface area contributed by atoms with Gasteiger partial charge in [-0.25, -0.2) is 0 Å². The second-order valence-electron chi connectivity index (χ2n) is 6.33. The summed E-state index contributed by atoms with van der Waals surface area (Å²) in [6, 6.07) is 4.08. The van der Waals surface area contributed by atoms with Crippen LogP contribution in [-0.2, 0) is 17.8 Å². The van der Waals surface area contributed by atoms with Crippen LogP contribution in [0.3, 0.4) is 0 Å². The minimum atomic E-state index is 0.0984. The van der Waals surface area contributed by atoms with Crippen molar-refractivity contribution in [2.45, 2.75) is 52.2 Å². The van der Waals surface area contributed by atoms with Crippen LogP contribution in [0.2, 0.25) is 0 Å². The molecule has 3 rings (SSSR count). The fourth-order valence-electron chi connectivity index (χ4n) is 3.27. The summed E-state index contributed by atoms with van der Waals surface area (Å²) in [7, 11) is 0. The molecule has 2 aliphatic rings. The molecule has 0 radical (unpaired) electrons. The van der Waals surface area contributed by atoms with Gasteiger partial charge in [0.2, 0.25) is 5.91 Å². The van der Waals surface area contributed by atoms with Crippen LogP contribution in [0.25, 0.3) is 0 Å². The highest BCUT2D eigenvalue weighted by atomic mass is 16.5. The molecule has 1 aromatic carbocycles. The number of hydrogen-bond donors (Lipinski definition) is 1. The van der Waals surface area contributed by atoms with E-state index in [4.69, 9.17) is 9.47 Å². The van der Waals surface area contributed by atoms with E-state index in [1.165, 1.54) is 5.56 Å². The lowest BCUT2D eigenvalue weighted by atomic mass is 9.93. The summed E-state index contributed by atoms with van der Waals surface area (Å²) in [5.74, 6) is 2.01. The van der Waals surface area contributed by atoms with Crippen molar-refractivity contribution >= 4 is 5.91 Å². The Bertz CT molecular complexity index is 609. The number of allylic oxidation sites excluding steroid dienone is 2. The zero-order valence-electron chi connectivity index (χ0n) is 13.9. The van der Waals surface area contributed by atoms with E-state index >= 15 is 0 Å². The summed E-state index contributed by atoms with van der Waals surface area (Å²) in [5.41, 5.74) is 2.17. The van der Waals surface area contributed by atoms with Crippen LogP contribution in [0, 0.1) is 5.92 Å². The fraction of sp³-hybridized carbons (Fsp3) is 0.526. The van der Waals surface area contributed by atoms with Gasteiger partial charge < -0.3 is 14.8 Å². The van der Waals surface area contributed by atoms with Crippen LogP contribution in [-0.4, -0.2) is 18.6 Å². The van der Waals surface area contributed by atoms with Crippen LogP contribution in [0.4, 0.5) is 0 Å². The molecule has 4 heteroatoms. The Morgan fingerprint density at radius 1 is 1.39 bits per heavy atom. The van der Waals surface area contributed by atoms with Crippen molar-refractivity contribution in [3.05, 3.63) is 35.4 Å². The molecule has 0 saturated heterocycles. The minimum absolute atomic E-state index is 0.0984. The number of carbonyl (C=O) groups is 1. The van der Waals surface area contributed by atoms with Crippen LogP contribution < -0.4 is 14.8 Å². The number of fused-ring (bicyclic) bond motifs is 1. The highest BCUT2D eigenvalue weighted by molar-refractivity contribution is 5.79. The van der Waals surface area contributed by atoms with Gasteiger partial charge in [-0.1, -0.05) is 12.2 Å². The van der Waals surface area contributed by atoms with E-state index in [1.54, 1.807) is 0 Å². The van der Waals surface area contributed by atoms with Crippen molar-refractivity contribution in [2.24, 2.45) is 5.92 Å². The molecule has 4 nitrogen and oxygen atoms in total. The minimum Gasteiger partial charge on any atom is -0.494 e. The Kier molecular flexibility index (Phi) is 4.89. The third kappa shape index (κ3) is 3.69. The average Bonchev–Trinajstić information content (AvgIpc) is 2.92. The second kappa shape index (κ2) is 7.07. The van der Waals surface area contributed by atoms with Crippen molar-refractivity contribution in [2.75, 3.05) is 6.61 Å². The Morgan fingerprint density at radius 3 is 3.00 bits per heavy atom. The van der Waals surface area contributed by atoms with E-state index in [-0.39, 0.29) is 17.9 Å². The van der Waals surface area contributed by atoms with Crippen molar-refractivity contribution < 1.29 is 14.3 Å². The molecule has 0 saturated carbocycles. The molecule has 1 aliphatic heterocycles. The largest absolute Gasteiger partial charge is 0.494 e. The summed E-state index contributed by atoms with van der Waals surface area (Å²) in [4.78, 5) is 12.3. The van der Waals surface area contributed by atoms with Crippen LogP contribution in [0.5, 0.6) is 11.5 Å². The van der Waals surface area contributed by atoms with Gasteiger partial charge in [-0.15, -0.1) is 0 Å². The molecule has 0 fully saturated rings. The number of benzene rings is 1. The first-order valence-corrected chi connectivity index (χ1v) is 8.55. The predicted octanol–water partition coefficient (Wildman–Crippen LogP) is 3.38. The quantitative estimate of drug-likeness (QED) is 0.847. The maximum absolute atomic E-state index is 12.3. The Labute approximate surface area is 137 Å². The van der Waals surface area contributed by atoms with Gasteiger partial charge in [0, 0.05) is 30.0 Å². The lowest BCUT2D eigenvalue weighted by molar-refractivity contribution is -0.125. The van der Waals surface area contributed by atoms with Gasteiger partial charge in [0.15, 0.2) is 0 Å². The highest BCUT2D eigenvalue weighted by Gasteiger charge is 2.23. The molecule has 2 atom stereocenters. The van der Waals surface area contributed by atoms with Crippen LogP contribution in [0.1, 0.15) is 44.2 Å². The molecular weight excluding hydrogens is 290 g/mol. The van der Waals surface area contributed by atoms with Gasteiger partial charge in [-0.3, -0.25) is 4.79 Å². The van der Waals surface area contributed by atoms with Crippen molar-refractivity contribution in [1.29, 1.82) is 0 Å². The molecule has 1 aromatic rings. The monoisotopic (exact) mass is 315 g/mol. The number of ether oxygens (including phenoxy) is 2. The van der Waals surface area contributed by atoms with E-state index in [2.05, 4.69) is 30.5 Å². The predicted molar refractivity (Wildman–Crippen MR) is 89.7 cm³/mol. The van der Waals surface area contributed by atoms with E-state index in [1.807, 2.05) is 13.0 Å². The van der Waals surface area contributed by atoms with Crippen molar-refractivity contribution in [3.8, 4) is 11.5 Å². The van der Waals surface area contributed by atoms with Gasteiger partial charge in [0.05, 0.1) is 6.61 Å². The van der Waals surface area contributed by atoms with Crippen LogP contribution >= 0.6 is 0 Å². The summed E-state index contributed by atoms with van der Waals surface area (Å²) in [6.07, 6.45) is 8.14. The third-order valence-electron chi connectivity index (χ3n) is 4.47. The summed E-state index contributed by atoms with van der Waals surface area (Å²) in [6.45, 7) is 5.14. The van der Waals surface area contributed by atoms with Crippen molar-refractivity contribution in [1.82, 2.24) is 5.32 Å². The molecular formula is C19H25NO3. The van der Waals surface area contributed by atoms with Gasteiger partial charge >= 0.3 is 0 Å². The van der Waals surface area contributed by atoms with E-state index < -0.39 is 0 Å². The van der Waals surface area contributed by atoms with E-state index in [9.17, 15) is 4.79 Å². The number of amides is 1. The third-order valence-corrected chi connectivity index (χ3v) is 4.47. The second-order valence-corrected chi connectivity index (χ2v) is 6.33.